The Bertz CT molecular complexity index is 4920. The molecule has 0 bridgehead atoms. The number of carbonyl (C=O) groups is 6. The first-order chi connectivity index (χ1) is 52.9. The van der Waals surface area contributed by atoms with Crippen LogP contribution in [0.4, 0.5) is 0 Å². The second-order valence-electron chi connectivity index (χ2n) is 25.3. The highest BCUT2D eigenvalue weighted by Gasteiger charge is 2.25. The first kappa shape index (κ1) is 73.1. The molecule has 3 N–H and O–H groups in total. The van der Waals surface area contributed by atoms with Gasteiger partial charge in [-0.15, -0.1) is 0 Å². The molecule has 0 unspecified atom stereocenters. The van der Waals surface area contributed by atoms with E-state index in [1.807, 2.05) is 91.0 Å². The van der Waals surface area contributed by atoms with Crippen LogP contribution < -0.4 is 16.0 Å². The molecule has 18 nitrogen and oxygen atoms in total. The number of hydrogen-bond donors (Lipinski definition) is 3. The van der Waals surface area contributed by atoms with Gasteiger partial charge in [0.05, 0.1) is 53.6 Å². The van der Waals surface area contributed by atoms with E-state index in [1.54, 1.807) is 112 Å². The van der Waals surface area contributed by atoms with Gasteiger partial charge in [0, 0.05) is 110 Å². The van der Waals surface area contributed by atoms with E-state index in [-0.39, 0.29) is 70.6 Å². The van der Waals surface area contributed by atoms with Gasteiger partial charge in [0.1, 0.15) is 17.1 Å². The molecule has 0 radical (unpaired) electrons. The lowest BCUT2D eigenvalue weighted by molar-refractivity contribution is 0.0517. The number of esters is 3. The van der Waals surface area contributed by atoms with Crippen LogP contribution in [0.2, 0.25) is 0 Å². The summed E-state index contributed by atoms with van der Waals surface area (Å²) in [5, 5.41) is 11.0. The third-order valence-corrected chi connectivity index (χ3v) is 18.1. The molecule has 6 aromatic heterocycles. The SMILES string of the molecule is CCOC(=O)c1cc(C(=O)c2cccc(CNCc3ccccc3-c3cc(-c4ccccc4CNCc4cccc(C(=O)c5cnc(-c6ccccn6)c(C(=O)OCC)c5)c4)cc(-c4ccccc4CNCc4cccc(C(=O)c5cnc(-c6ccccn6)c(C(=O)OCC)c5)c4)c3)c2)cnc1-c1ccccn1. The Morgan fingerprint density at radius 2 is 0.574 bits per heavy atom. The van der Waals surface area contributed by atoms with Gasteiger partial charge in [-0.1, -0.05) is 146 Å². The van der Waals surface area contributed by atoms with Crippen molar-refractivity contribution in [3.63, 3.8) is 0 Å². The van der Waals surface area contributed by atoms with Gasteiger partial charge in [-0.3, -0.25) is 44.3 Å². The summed E-state index contributed by atoms with van der Waals surface area (Å²) >= 11 is 0. The minimum Gasteiger partial charge on any atom is -0.462 e. The predicted octanol–water partition coefficient (Wildman–Crippen LogP) is 16.2. The maximum absolute atomic E-state index is 14.2. The van der Waals surface area contributed by atoms with E-state index in [0.717, 1.165) is 66.8 Å². The molecule has 0 atom stereocenters. The first-order valence-corrected chi connectivity index (χ1v) is 35.6. The summed E-state index contributed by atoms with van der Waals surface area (Å²) in [7, 11) is 0. The Kier molecular flexibility index (Phi) is 23.7. The molecule has 0 saturated heterocycles. The minimum absolute atomic E-state index is 0.148. The summed E-state index contributed by atoms with van der Waals surface area (Å²) in [6, 6.07) is 74.5. The maximum Gasteiger partial charge on any atom is 0.340 e. The number of nitrogens with one attached hydrogen (secondary N) is 3. The quantitative estimate of drug-likeness (QED) is 0.0215. The van der Waals surface area contributed by atoms with E-state index in [2.05, 4.69) is 100 Å². The van der Waals surface area contributed by atoms with Crippen molar-refractivity contribution in [2.24, 2.45) is 0 Å². The fraction of sp³-hybridized carbons (Fsp3) is 0.133. The van der Waals surface area contributed by atoms with Gasteiger partial charge in [0.15, 0.2) is 17.3 Å². The highest BCUT2D eigenvalue weighted by atomic mass is 16.5. The number of ether oxygens (including phenoxy) is 3. The summed E-state index contributed by atoms with van der Waals surface area (Å²) in [5.74, 6) is -2.68. The zero-order chi connectivity index (χ0) is 74.7. The molecule has 0 saturated carbocycles. The van der Waals surface area contributed by atoms with Crippen LogP contribution in [-0.2, 0) is 53.5 Å². The van der Waals surface area contributed by atoms with Gasteiger partial charge < -0.3 is 30.2 Å². The summed E-state index contributed by atoms with van der Waals surface area (Å²) in [6.07, 6.45) is 9.26. The lowest BCUT2D eigenvalue weighted by atomic mass is 9.89. The van der Waals surface area contributed by atoms with Gasteiger partial charge in [0.25, 0.3) is 0 Å². The number of ketones is 3. The zero-order valence-corrected chi connectivity index (χ0v) is 59.7. The molecule has 0 aliphatic carbocycles. The molecule has 0 spiro atoms. The van der Waals surface area contributed by atoms with Crippen molar-refractivity contribution in [3.05, 3.63) is 357 Å². The molecule has 13 rings (SSSR count). The first-order valence-electron chi connectivity index (χ1n) is 35.6. The van der Waals surface area contributed by atoms with Gasteiger partial charge in [-0.05, 0) is 179 Å². The Labute approximate surface area is 625 Å². The smallest absolute Gasteiger partial charge is 0.340 e. The fourth-order valence-corrected chi connectivity index (χ4v) is 12.9. The van der Waals surface area contributed by atoms with Gasteiger partial charge in [-0.2, -0.15) is 0 Å². The lowest BCUT2D eigenvalue weighted by Crippen LogP contribution is -2.15. The molecule has 13 aromatic rings. The van der Waals surface area contributed by atoms with Crippen LogP contribution in [0.15, 0.2) is 274 Å². The maximum atomic E-state index is 14.2. The zero-order valence-electron chi connectivity index (χ0n) is 59.7. The Morgan fingerprint density at radius 1 is 0.287 bits per heavy atom. The van der Waals surface area contributed by atoms with Crippen molar-refractivity contribution in [1.29, 1.82) is 0 Å². The normalized spacial score (nSPS) is 11.0. The monoisotopic (exact) mass is 1430 g/mol. The lowest BCUT2D eigenvalue weighted by Gasteiger charge is -2.18. The molecular formula is C90H75N9O9. The number of rotatable bonds is 30. The van der Waals surface area contributed by atoms with E-state index in [1.165, 1.54) is 36.8 Å². The Morgan fingerprint density at radius 3 is 0.852 bits per heavy atom. The molecule has 7 aromatic carbocycles. The van der Waals surface area contributed by atoms with E-state index < -0.39 is 17.9 Å². The summed E-state index contributed by atoms with van der Waals surface area (Å²) < 4.78 is 16.2. The Hall–Kier alpha value is -13.3. The van der Waals surface area contributed by atoms with E-state index in [4.69, 9.17) is 14.2 Å². The van der Waals surface area contributed by atoms with Crippen molar-refractivity contribution >= 4 is 35.3 Å². The molecule has 0 amide bonds. The minimum atomic E-state index is -0.597. The topological polar surface area (TPSA) is 244 Å². The largest absolute Gasteiger partial charge is 0.462 e. The molecule has 0 aliphatic heterocycles. The molecular weight excluding hydrogens is 1350 g/mol. The van der Waals surface area contributed by atoms with Crippen molar-refractivity contribution in [1.82, 2.24) is 45.9 Å². The van der Waals surface area contributed by atoms with Crippen LogP contribution >= 0.6 is 0 Å². The third kappa shape index (κ3) is 17.4. The van der Waals surface area contributed by atoms with Crippen molar-refractivity contribution < 1.29 is 43.0 Å². The van der Waals surface area contributed by atoms with Crippen molar-refractivity contribution in [2.75, 3.05) is 19.8 Å². The fourth-order valence-electron chi connectivity index (χ4n) is 12.9. The molecule has 0 aliphatic rings. The number of aromatic nitrogens is 6. The van der Waals surface area contributed by atoms with Crippen LogP contribution in [0.5, 0.6) is 0 Å². The van der Waals surface area contributed by atoms with E-state index >= 15 is 0 Å². The standard InChI is InChI=1S/C90H75N9O9/c1-4-106-88(103)76-46-70(55-97-82(76)79-34-13-16-37-94-79)85(100)61-28-19-22-58(40-61)49-91-52-64-25-7-10-31-73(64)67-43-68(74-32-11-8-26-65(74)53-92-50-59-23-20-29-62(41-59)86(101)71-47-77(89(104)107-5-2)83(98-56-71)80-35-14-17-38-95-80)45-69(44-67)75-33-12-9-27-66(75)54-93-51-60-24-21-30-63(42-60)87(102)72-48-78(90(105)108-6-3)84(99-57-72)81-36-15-18-39-96-81/h7-48,55-57,91-93H,4-6,49-54H2,1-3H3. The average Bonchev–Trinajstić information content (AvgIpc) is 0.775. The summed E-state index contributed by atoms with van der Waals surface area (Å²) in [6.45, 7) is 8.34. The van der Waals surface area contributed by atoms with Crippen molar-refractivity contribution in [3.8, 4) is 67.5 Å². The summed E-state index contributed by atoms with van der Waals surface area (Å²) in [5.41, 5.74) is 16.7. The number of hydrogen-bond acceptors (Lipinski definition) is 18. The highest BCUT2D eigenvalue weighted by molar-refractivity contribution is 6.12. The number of pyridine rings is 6. The average molecular weight is 1430 g/mol. The van der Waals surface area contributed by atoms with Crippen LogP contribution in [0.25, 0.3) is 67.5 Å². The molecule has 534 valence electrons. The second kappa shape index (κ2) is 35.0. The predicted molar refractivity (Wildman–Crippen MR) is 414 cm³/mol. The molecule has 18 heteroatoms. The highest BCUT2D eigenvalue weighted by Crippen LogP contribution is 2.38. The number of benzene rings is 7. The van der Waals surface area contributed by atoms with Crippen LogP contribution in [0.3, 0.4) is 0 Å². The summed E-state index contributed by atoms with van der Waals surface area (Å²) in [4.78, 5) is 109. The molecule has 6 heterocycles. The van der Waals surface area contributed by atoms with Crippen LogP contribution in [-0.4, -0.2) is 85.0 Å². The van der Waals surface area contributed by atoms with Gasteiger partial charge >= 0.3 is 17.9 Å². The second-order valence-corrected chi connectivity index (χ2v) is 25.3. The third-order valence-electron chi connectivity index (χ3n) is 18.1. The number of carbonyl (C=O) groups excluding carboxylic acids is 6. The molecule has 0 fully saturated rings. The van der Waals surface area contributed by atoms with Crippen molar-refractivity contribution in [2.45, 2.75) is 60.0 Å². The number of nitrogens with zero attached hydrogens (tertiary/aromatic N) is 6. The van der Waals surface area contributed by atoms with E-state index in [9.17, 15) is 28.8 Å². The van der Waals surface area contributed by atoms with Crippen LogP contribution in [0, 0.1) is 0 Å². The van der Waals surface area contributed by atoms with Gasteiger partial charge in [0.2, 0.25) is 0 Å². The Balaban J connectivity index is 0.767. The molecule has 108 heavy (non-hydrogen) atoms. The van der Waals surface area contributed by atoms with E-state index in [0.29, 0.717) is 90.1 Å². The van der Waals surface area contributed by atoms with Crippen LogP contribution in [0.1, 0.15) is 133 Å². The van der Waals surface area contributed by atoms with Gasteiger partial charge in [-0.25, -0.2) is 14.4 Å².